The van der Waals surface area contributed by atoms with E-state index in [1.165, 1.54) is 11.8 Å². The molecule has 1 heterocycles. The van der Waals surface area contributed by atoms with Gasteiger partial charge in [-0.3, -0.25) is 25.2 Å². The van der Waals surface area contributed by atoms with Gasteiger partial charge in [0.25, 0.3) is 5.91 Å². The van der Waals surface area contributed by atoms with Crippen LogP contribution in [0.3, 0.4) is 0 Å². The number of hydrogen-bond donors (Lipinski definition) is 3. The molecule has 0 fully saturated rings. The smallest absolute Gasteiger partial charge is 0.276 e. The predicted molar refractivity (Wildman–Crippen MR) is 102 cm³/mol. The lowest BCUT2D eigenvalue weighted by Crippen LogP contribution is -2.45. The van der Waals surface area contributed by atoms with Crippen LogP contribution in [0.15, 0.2) is 53.4 Å². The Balaban J connectivity index is 1.44. The number of amides is 3. The maximum atomic E-state index is 12.1. The third kappa shape index (κ3) is 5.01. The molecule has 1 aliphatic heterocycles. The van der Waals surface area contributed by atoms with Crippen LogP contribution in [-0.2, 0) is 14.4 Å². The van der Waals surface area contributed by atoms with E-state index in [-0.39, 0.29) is 18.9 Å². The number of ether oxygens (including phenoxy) is 1. The Morgan fingerprint density at radius 3 is 2.59 bits per heavy atom. The van der Waals surface area contributed by atoms with Gasteiger partial charge in [-0.1, -0.05) is 30.3 Å². The molecular weight excluding hydrogens is 366 g/mol. The Hall–Kier alpha value is -3.00. The summed E-state index contributed by atoms with van der Waals surface area (Å²) in [6.45, 7) is 1.65. The van der Waals surface area contributed by atoms with E-state index in [9.17, 15) is 14.4 Å². The number of carbonyl (C=O) groups is 3. The van der Waals surface area contributed by atoms with Crippen LogP contribution in [-0.4, -0.2) is 29.6 Å². The van der Waals surface area contributed by atoms with Crippen molar-refractivity contribution in [3.8, 4) is 5.75 Å². The summed E-state index contributed by atoms with van der Waals surface area (Å²) in [5, 5.41) is 2.22. The summed E-state index contributed by atoms with van der Waals surface area (Å²) < 4.78 is 5.41. The average molecular weight is 385 g/mol. The molecule has 0 radical (unpaired) electrons. The van der Waals surface area contributed by atoms with E-state index >= 15 is 0 Å². The summed E-state index contributed by atoms with van der Waals surface area (Å²) in [5.74, 6) is -0.569. The molecule has 140 valence electrons. The van der Waals surface area contributed by atoms with Crippen LogP contribution in [0.25, 0.3) is 0 Å². The number of carbonyl (C=O) groups excluding carboxylic acids is 3. The van der Waals surface area contributed by atoms with Crippen molar-refractivity contribution < 1.29 is 19.1 Å². The van der Waals surface area contributed by atoms with E-state index in [4.69, 9.17) is 4.74 Å². The molecule has 2 aromatic carbocycles. The first-order valence-electron chi connectivity index (χ1n) is 8.35. The lowest BCUT2D eigenvalue weighted by molar-refractivity contribution is -0.130. The topological polar surface area (TPSA) is 96.5 Å². The van der Waals surface area contributed by atoms with Crippen molar-refractivity contribution in [2.75, 3.05) is 11.9 Å². The first kappa shape index (κ1) is 18.8. The minimum Gasteiger partial charge on any atom is -0.483 e. The molecule has 0 spiro atoms. The van der Waals surface area contributed by atoms with Crippen molar-refractivity contribution in [1.29, 1.82) is 0 Å². The summed E-state index contributed by atoms with van der Waals surface area (Å²) in [6, 6.07) is 14.7. The van der Waals surface area contributed by atoms with Gasteiger partial charge in [0.2, 0.25) is 11.8 Å². The van der Waals surface area contributed by atoms with Crippen LogP contribution in [0.2, 0.25) is 0 Å². The third-order valence-corrected chi connectivity index (χ3v) is 5.15. The number of para-hydroxylation sites is 2. The second kappa shape index (κ2) is 8.59. The molecule has 3 amide bonds. The lowest BCUT2D eigenvalue weighted by atomic mass is 10.2. The summed E-state index contributed by atoms with van der Waals surface area (Å²) in [7, 11) is 0. The fraction of sp³-hybridized carbons (Fsp3) is 0.211. The molecule has 3 N–H and O–H groups in total. The molecular formula is C19H19N3O4S. The number of rotatable bonds is 5. The van der Waals surface area contributed by atoms with E-state index in [0.29, 0.717) is 5.75 Å². The zero-order valence-electron chi connectivity index (χ0n) is 14.7. The summed E-state index contributed by atoms with van der Waals surface area (Å²) in [6.07, 6.45) is -0.0518. The van der Waals surface area contributed by atoms with Gasteiger partial charge in [0.05, 0.1) is 10.9 Å². The van der Waals surface area contributed by atoms with Gasteiger partial charge in [0.15, 0.2) is 6.61 Å². The van der Waals surface area contributed by atoms with Crippen LogP contribution in [0.5, 0.6) is 5.75 Å². The minimum atomic E-state index is -0.556. The number of nitrogens with one attached hydrogen (secondary N) is 3. The van der Waals surface area contributed by atoms with Gasteiger partial charge >= 0.3 is 0 Å². The van der Waals surface area contributed by atoms with Crippen molar-refractivity contribution in [2.45, 2.75) is 23.5 Å². The number of benzene rings is 2. The molecule has 0 aromatic heterocycles. The Morgan fingerprint density at radius 2 is 1.78 bits per heavy atom. The highest BCUT2D eigenvalue weighted by Gasteiger charge is 2.28. The maximum absolute atomic E-state index is 12.1. The van der Waals surface area contributed by atoms with Gasteiger partial charge in [-0.05, 0) is 30.7 Å². The van der Waals surface area contributed by atoms with Crippen LogP contribution >= 0.6 is 11.8 Å². The first-order chi connectivity index (χ1) is 13.0. The summed E-state index contributed by atoms with van der Waals surface area (Å²) >= 11 is 1.33. The van der Waals surface area contributed by atoms with Gasteiger partial charge in [0.1, 0.15) is 5.75 Å². The number of fused-ring (bicyclic) bond motifs is 1. The van der Waals surface area contributed by atoms with E-state index in [1.807, 2.05) is 49.4 Å². The quantitative estimate of drug-likeness (QED) is 0.685. The Morgan fingerprint density at radius 1 is 1.07 bits per heavy atom. The molecule has 8 heteroatoms. The van der Waals surface area contributed by atoms with E-state index in [0.717, 1.165) is 16.1 Å². The molecule has 0 unspecified atom stereocenters. The SMILES string of the molecule is Cc1ccccc1OCC(=O)NNC(=O)C[C@H]1Sc2ccccc2NC1=O. The molecule has 3 rings (SSSR count). The molecule has 1 aliphatic rings. The van der Waals surface area contributed by atoms with Crippen molar-refractivity contribution in [1.82, 2.24) is 10.9 Å². The van der Waals surface area contributed by atoms with Crippen molar-refractivity contribution >= 4 is 35.2 Å². The van der Waals surface area contributed by atoms with Gasteiger partial charge in [-0.2, -0.15) is 0 Å². The first-order valence-corrected chi connectivity index (χ1v) is 9.23. The standard InChI is InChI=1S/C19H19N3O4S/c1-12-6-2-4-8-14(12)26-11-18(24)22-21-17(23)10-16-19(25)20-13-7-3-5-9-15(13)27-16/h2-9,16H,10-11H2,1H3,(H,20,25)(H,21,23)(H,22,24)/t16-/m1/s1. The van der Waals surface area contributed by atoms with Crippen LogP contribution in [0, 0.1) is 6.92 Å². The molecule has 0 saturated heterocycles. The summed E-state index contributed by atoms with van der Waals surface area (Å²) in [4.78, 5) is 36.9. The molecule has 27 heavy (non-hydrogen) atoms. The minimum absolute atomic E-state index is 0.0518. The fourth-order valence-electron chi connectivity index (χ4n) is 2.48. The highest BCUT2D eigenvalue weighted by molar-refractivity contribution is 8.01. The van der Waals surface area contributed by atoms with Crippen molar-refractivity contribution in [2.24, 2.45) is 0 Å². The maximum Gasteiger partial charge on any atom is 0.276 e. The van der Waals surface area contributed by atoms with E-state index in [1.54, 1.807) is 6.07 Å². The highest BCUT2D eigenvalue weighted by atomic mass is 32.2. The molecule has 0 bridgehead atoms. The number of hydrazine groups is 1. The van der Waals surface area contributed by atoms with Gasteiger partial charge in [0, 0.05) is 11.3 Å². The number of aryl methyl sites for hydroxylation is 1. The fourth-order valence-corrected chi connectivity index (χ4v) is 3.59. The number of thioether (sulfide) groups is 1. The van der Waals surface area contributed by atoms with Crippen LogP contribution < -0.4 is 20.9 Å². The van der Waals surface area contributed by atoms with Crippen LogP contribution in [0.4, 0.5) is 5.69 Å². The van der Waals surface area contributed by atoms with E-state index < -0.39 is 17.1 Å². The molecule has 7 nitrogen and oxygen atoms in total. The highest BCUT2D eigenvalue weighted by Crippen LogP contribution is 2.36. The third-order valence-electron chi connectivity index (χ3n) is 3.87. The molecule has 1 atom stereocenters. The lowest BCUT2D eigenvalue weighted by Gasteiger charge is -2.23. The summed E-state index contributed by atoms with van der Waals surface area (Å²) in [5.41, 5.74) is 6.26. The number of anilines is 1. The zero-order chi connectivity index (χ0) is 19.2. The Kier molecular flexibility index (Phi) is 5.97. The van der Waals surface area contributed by atoms with Gasteiger partial charge in [-0.25, -0.2) is 0 Å². The molecule has 0 saturated carbocycles. The second-order valence-electron chi connectivity index (χ2n) is 5.95. The van der Waals surface area contributed by atoms with Gasteiger partial charge in [-0.15, -0.1) is 11.8 Å². The van der Waals surface area contributed by atoms with Crippen molar-refractivity contribution in [3.63, 3.8) is 0 Å². The number of hydrogen-bond acceptors (Lipinski definition) is 5. The monoisotopic (exact) mass is 385 g/mol. The predicted octanol–water partition coefficient (Wildman–Crippen LogP) is 2.02. The normalized spacial score (nSPS) is 15.3. The van der Waals surface area contributed by atoms with Crippen LogP contribution in [0.1, 0.15) is 12.0 Å². The Labute approximate surface area is 160 Å². The van der Waals surface area contributed by atoms with Crippen molar-refractivity contribution in [3.05, 3.63) is 54.1 Å². The average Bonchev–Trinajstić information content (AvgIpc) is 2.66. The molecule has 2 aromatic rings. The van der Waals surface area contributed by atoms with E-state index in [2.05, 4.69) is 16.2 Å². The largest absolute Gasteiger partial charge is 0.483 e. The Bertz CT molecular complexity index is 872. The second-order valence-corrected chi connectivity index (χ2v) is 7.19. The van der Waals surface area contributed by atoms with Gasteiger partial charge < -0.3 is 10.1 Å². The molecule has 0 aliphatic carbocycles. The zero-order valence-corrected chi connectivity index (χ0v) is 15.5.